The number of anilines is 2. The van der Waals surface area contributed by atoms with Crippen molar-refractivity contribution in [1.29, 1.82) is 0 Å². The molecule has 0 aromatic carbocycles. The van der Waals surface area contributed by atoms with Crippen LogP contribution in [0.25, 0.3) is 0 Å². The monoisotopic (exact) mass is 312 g/mol. The number of nitrogen functional groups attached to an aromatic ring is 1. The first-order valence-electron chi connectivity index (χ1n) is 6.16. The lowest BCUT2D eigenvalue weighted by molar-refractivity contribution is 0.595. The first kappa shape index (κ1) is 14.7. The Morgan fingerprint density at radius 3 is 2.85 bits per heavy atom. The summed E-state index contributed by atoms with van der Waals surface area (Å²) in [4.78, 5) is 4.28. The van der Waals surface area contributed by atoms with E-state index < -0.39 is 9.84 Å². The molecule has 0 aliphatic carbocycles. The number of aromatic nitrogens is 2. The van der Waals surface area contributed by atoms with Gasteiger partial charge >= 0.3 is 0 Å². The zero-order valence-electron chi connectivity index (χ0n) is 11.0. The summed E-state index contributed by atoms with van der Waals surface area (Å²) in [7, 11) is -3.39. The van der Waals surface area contributed by atoms with E-state index in [1.165, 1.54) is 0 Å². The summed E-state index contributed by atoms with van der Waals surface area (Å²) in [5.74, 6) is 0.125. The molecule has 20 heavy (non-hydrogen) atoms. The minimum Gasteiger partial charge on any atom is -0.382 e. The van der Waals surface area contributed by atoms with Gasteiger partial charge in [0, 0.05) is 6.20 Å². The van der Waals surface area contributed by atoms with Gasteiger partial charge in [0.05, 0.1) is 18.0 Å². The van der Waals surface area contributed by atoms with Crippen molar-refractivity contribution < 1.29 is 8.42 Å². The Balaban J connectivity index is 2.22. The fraction of sp³-hybridized carbons (Fsp3) is 0.333. The molecule has 0 spiro atoms. The van der Waals surface area contributed by atoms with E-state index in [4.69, 9.17) is 5.73 Å². The van der Waals surface area contributed by atoms with Gasteiger partial charge in [-0.1, -0.05) is 13.0 Å². The molecule has 0 saturated heterocycles. The molecule has 3 N–H and O–H groups in total. The zero-order valence-corrected chi connectivity index (χ0v) is 12.7. The number of nitrogens with two attached hydrogens (primary N) is 1. The molecule has 0 amide bonds. The van der Waals surface area contributed by atoms with E-state index in [1.807, 2.05) is 25.1 Å². The van der Waals surface area contributed by atoms with Crippen molar-refractivity contribution in [2.75, 3.05) is 16.8 Å². The molecule has 0 bridgehead atoms. The average molecular weight is 312 g/mol. The largest absolute Gasteiger partial charge is 0.382 e. The normalized spacial score (nSPS) is 11.4. The van der Waals surface area contributed by atoms with Crippen LogP contribution in [0.3, 0.4) is 0 Å². The number of pyridine rings is 1. The van der Waals surface area contributed by atoms with Crippen molar-refractivity contribution in [3.8, 4) is 0 Å². The lowest BCUT2D eigenvalue weighted by Gasteiger charge is -2.07. The summed E-state index contributed by atoms with van der Waals surface area (Å²) in [5.41, 5.74) is 6.51. The van der Waals surface area contributed by atoms with Gasteiger partial charge in [-0.05, 0) is 30.1 Å². The molecule has 0 unspecified atom stereocenters. The minimum absolute atomic E-state index is 0.0620. The molecule has 2 heterocycles. The van der Waals surface area contributed by atoms with Gasteiger partial charge in [-0.25, -0.2) is 8.42 Å². The van der Waals surface area contributed by atoms with Crippen molar-refractivity contribution in [2.24, 2.45) is 0 Å². The van der Waals surface area contributed by atoms with Gasteiger partial charge in [-0.2, -0.15) is 4.37 Å². The Bertz CT molecular complexity index is 668. The average Bonchev–Trinajstić information content (AvgIpc) is 2.79. The molecule has 0 saturated carbocycles. The fourth-order valence-corrected chi connectivity index (χ4v) is 4.37. The van der Waals surface area contributed by atoms with Gasteiger partial charge < -0.3 is 11.1 Å². The summed E-state index contributed by atoms with van der Waals surface area (Å²) in [6.45, 7) is 2.24. The number of hydrogen-bond donors (Lipinski definition) is 2. The number of rotatable bonds is 6. The van der Waals surface area contributed by atoms with Crippen LogP contribution >= 0.6 is 11.5 Å². The van der Waals surface area contributed by atoms with Gasteiger partial charge in [-0.3, -0.25) is 4.98 Å². The zero-order chi connectivity index (χ0) is 14.6. The summed E-state index contributed by atoms with van der Waals surface area (Å²) in [5, 5.41) is 3.52. The summed E-state index contributed by atoms with van der Waals surface area (Å²) < 4.78 is 28.3. The predicted molar refractivity (Wildman–Crippen MR) is 80.4 cm³/mol. The molecule has 0 fully saturated rings. The highest BCUT2D eigenvalue weighted by molar-refractivity contribution is 7.91. The Morgan fingerprint density at radius 2 is 2.20 bits per heavy atom. The maximum atomic E-state index is 12.2. The van der Waals surface area contributed by atoms with Crippen LogP contribution in [0, 0.1) is 0 Å². The number of nitrogens with one attached hydrogen (secondary N) is 1. The Kier molecular flexibility index (Phi) is 4.56. The molecular formula is C12H16N4O2S2. The molecular weight excluding hydrogens is 296 g/mol. The lowest BCUT2D eigenvalue weighted by atomic mass is 10.3. The number of hydrogen-bond acceptors (Lipinski definition) is 7. The molecule has 0 aliphatic heterocycles. The van der Waals surface area contributed by atoms with Gasteiger partial charge in [0.2, 0.25) is 0 Å². The quantitative estimate of drug-likeness (QED) is 0.845. The van der Waals surface area contributed by atoms with Crippen LogP contribution in [0.5, 0.6) is 0 Å². The topological polar surface area (TPSA) is 98.0 Å². The first-order valence-corrected chi connectivity index (χ1v) is 8.59. The van der Waals surface area contributed by atoms with E-state index in [0.29, 0.717) is 18.0 Å². The second-order valence-corrected chi connectivity index (χ2v) is 7.04. The Hall–Kier alpha value is -1.67. The van der Waals surface area contributed by atoms with Crippen molar-refractivity contribution >= 4 is 32.2 Å². The highest BCUT2D eigenvalue weighted by Crippen LogP contribution is 2.32. The standard InChI is InChI=1S/C12H16N4O2S2/c1-2-7-20(17,18)10-11(13)16-19-12(10)15-8-9-5-3-4-6-14-9/h3-6,15H,2,7-8H2,1H3,(H2,13,16). The molecule has 8 heteroatoms. The third-order valence-electron chi connectivity index (χ3n) is 2.61. The molecule has 0 aliphatic rings. The van der Waals surface area contributed by atoms with Crippen LogP contribution in [0.15, 0.2) is 29.3 Å². The molecule has 0 atom stereocenters. The summed E-state index contributed by atoms with van der Waals surface area (Å²) in [6, 6.07) is 5.56. The van der Waals surface area contributed by atoms with Crippen LogP contribution in [-0.2, 0) is 16.4 Å². The third-order valence-corrected chi connectivity index (χ3v) is 5.54. The Labute approximate surface area is 122 Å². The summed E-state index contributed by atoms with van der Waals surface area (Å²) in [6.07, 6.45) is 2.23. The molecule has 2 aromatic rings. The van der Waals surface area contributed by atoms with E-state index in [1.54, 1.807) is 6.20 Å². The van der Waals surface area contributed by atoms with Gasteiger partial charge in [-0.15, -0.1) is 0 Å². The maximum absolute atomic E-state index is 12.2. The number of nitrogens with zero attached hydrogens (tertiary/aromatic N) is 2. The highest BCUT2D eigenvalue weighted by Gasteiger charge is 2.24. The van der Waals surface area contributed by atoms with Crippen molar-refractivity contribution in [3.63, 3.8) is 0 Å². The SMILES string of the molecule is CCCS(=O)(=O)c1c(N)nsc1NCc1ccccn1. The van der Waals surface area contributed by atoms with E-state index >= 15 is 0 Å². The van der Waals surface area contributed by atoms with Crippen LogP contribution in [0.4, 0.5) is 10.8 Å². The molecule has 2 rings (SSSR count). The molecule has 2 aromatic heterocycles. The highest BCUT2D eigenvalue weighted by atomic mass is 32.2. The van der Waals surface area contributed by atoms with Crippen LogP contribution in [0.1, 0.15) is 19.0 Å². The molecule has 6 nitrogen and oxygen atoms in total. The smallest absolute Gasteiger partial charge is 0.185 e. The van der Waals surface area contributed by atoms with Crippen molar-refractivity contribution in [2.45, 2.75) is 24.8 Å². The van der Waals surface area contributed by atoms with E-state index in [2.05, 4.69) is 14.7 Å². The van der Waals surface area contributed by atoms with E-state index in [0.717, 1.165) is 17.2 Å². The van der Waals surface area contributed by atoms with Crippen LogP contribution in [0.2, 0.25) is 0 Å². The fourth-order valence-electron chi connectivity index (χ4n) is 1.75. The molecule has 108 valence electrons. The van der Waals surface area contributed by atoms with Gasteiger partial charge in [0.1, 0.15) is 9.90 Å². The third kappa shape index (κ3) is 3.26. The predicted octanol–water partition coefficient (Wildman–Crippen LogP) is 1.92. The second-order valence-electron chi connectivity index (χ2n) is 4.22. The van der Waals surface area contributed by atoms with Crippen molar-refractivity contribution in [1.82, 2.24) is 9.36 Å². The van der Waals surface area contributed by atoms with E-state index in [9.17, 15) is 8.42 Å². The second kappa shape index (κ2) is 6.19. The maximum Gasteiger partial charge on any atom is 0.185 e. The number of sulfone groups is 1. The van der Waals surface area contributed by atoms with Gasteiger partial charge in [0.15, 0.2) is 15.7 Å². The Morgan fingerprint density at radius 1 is 1.40 bits per heavy atom. The van der Waals surface area contributed by atoms with Gasteiger partial charge in [0.25, 0.3) is 0 Å². The van der Waals surface area contributed by atoms with Crippen LogP contribution in [-0.4, -0.2) is 23.5 Å². The van der Waals surface area contributed by atoms with Crippen molar-refractivity contribution in [3.05, 3.63) is 30.1 Å². The van der Waals surface area contributed by atoms with E-state index in [-0.39, 0.29) is 16.5 Å². The summed E-state index contributed by atoms with van der Waals surface area (Å²) >= 11 is 1.06. The molecule has 0 radical (unpaired) electrons. The van der Waals surface area contributed by atoms with Crippen LogP contribution < -0.4 is 11.1 Å². The lowest BCUT2D eigenvalue weighted by Crippen LogP contribution is -2.10. The minimum atomic E-state index is -3.39. The first-order chi connectivity index (χ1) is 9.54.